The molecule has 0 bridgehead atoms. The zero-order valence-electron chi connectivity index (χ0n) is 11.8. The number of aromatic carboxylic acids is 1. The lowest BCUT2D eigenvalue weighted by atomic mass is 9.98. The summed E-state index contributed by atoms with van der Waals surface area (Å²) >= 11 is 3.97. The van der Waals surface area contributed by atoms with Gasteiger partial charge in [0.05, 0.1) is 10.6 Å². The smallest absolute Gasteiger partial charge is 0.354 e. The second-order valence-corrected chi connectivity index (χ2v) is 5.33. The van der Waals surface area contributed by atoms with Crippen molar-refractivity contribution in [3.05, 3.63) is 45.6 Å². The number of rotatable bonds is 4. The van der Waals surface area contributed by atoms with Crippen LogP contribution in [0.2, 0.25) is 0 Å². The van der Waals surface area contributed by atoms with Crippen LogP contribution in [0, 0.1) is 10.1 Å². The van der Waals surface area contributed by atoms with E-state index in [0.29, 0.717) is 11.1 Å². The molecule has 2 rings (SSSR count). The van der Waals surface area contributed by atoms with Crippen molar-refractivity contribution in [1.29, 1.82) is 0 Å². The predicted octanol–water partition coefficient (Wildman–Crippen LogP) is 3.16. The van der Waals surface area contributed by atoms with Crippen LogP contribution in [0.25, 0.3) is 11.3 Å². The minimum absolute atomic E-state index is 0.00475. The number of benzene rings is 1. The van der Waals surface area contributed by atoms with Crippen molar-refractivity contribution < 1.29 is 14.8 Å². The third-order valence-corrected chi connectivity index (χ3v) is 3.28. The molecule has 22 heavy (non-hydrogen) atoms. The molecule has 0 aliphatic carbocycles. The normalized spacial score (nSPS) is 10.7. The van der Waals surface area contributed by atoms with Gasteiger partial charge in [0, 0.05) is 17.2 Å². The molecule has 1 heterocycles. The van der Waals surface area contributed by atoms with E-state index in [1.165, 1.54) is 12.1 Å². The number of aromatic nitrogens is 2. The quantitative estimate of drug-likeness (QED) is 0.388. The van der Waals surface area contributed by atoms with Crippen molar-refractivity contribution in [3.8, 4) is 11.3 Å². The Labute approximate surface area is 131 Å². The number of carboxylic acids is 1. The Balaban J connectivity index is 2.61. The molecule has 0 atom stereocenters. The molecule has 7 nitrogen and oxygen atoms in total. The summed E-state index contributed by atoms with van der Waals surface area (Å²) in [6.07, 6.45) is 0. The van der Waals surface area contributed by atoms with Gasteiger partial charge in [-0.15, -0.1) is 12.6 Å². The van der Waals surface area contributed by atoms with Gasteiger partial charge < -0.3 is 5.11 Å². The molecule has 114 valence electrons. The highest BCUT2D eigenvalue weighted by molar-refractivity contribution is 7.80. The van der Waals surface area contributed by atoms with Gasteiger partial charge in [-0.1, -0.05) is 26.0 Å². The van der Waals surface area contributed by atoms with E-state index in [4.69, 9.17) is 5.11 Å². The van der Waals surface area contributed by atoms with Gasteiger partial charge in [-0.2, -0.15) is 0 Å². The van der Waals surface area contributed by atoms with Gasteiger partial charge in [0.2, 0.25) is 0 Å². The molecular formula is C14H13N3O4S. The lowest BCUT2D eigenvalue weighted by Gasteiger charge is -2.09. The minimum Gasteiger partial charge on any atom is -0.477 e. The van der Waals surface area contributed by atoms with Crippen molar-refractivity contribution in [2.24, 2.45) is 0 Å². The summed E-state index contributed by atoms with van der Waals surface area (Å²) in [5, 5.41) is 20.2. The summed E-state index contributed by atoms with van der Waals surface area (Å²) < 4.78 is 0. The summed E-state index contributed by atoms with van der Waals surface area (Å²) in [6.45, 7) is 3.72. The molecule has 1 aromatic carbocycles. The van der Waals surface area contributed by atoms with E-state index < -0.39 is 10.9 Å². The molecule has 1 N–H and O–H groups in total. The van der Waals surface area contributed by atoms with Crippen LogP contribution in [0.15, 0.2) is 29.4 Å². The maximum absolute atomic E-state index is 11.2. The summed E-state index contributed by atoms with van der Waals surface area (Å²) in [4.78, 5) is 29.5. The average Bonchev–Trinajstić information content (AvgIpc) is 2.45. The van der Waals surface area contributed by atoms with Crippen molar-refractivity contribution >= 4 is 24.3 Å². The molecular weight excluding hydrogens is 306 g/mol. The van der Waals surface area contributed by atoms with E-state index in [0.717, 1.165) is 0 Å². The molecule has 0 aliphatic heterocycles. The molecule has 2 aromatic rings. The van der Waals surface area contributed by atoms with Crippen LogP contribution in [0.3, 0.4) is 0 Å². The van der Waals surface area contributed by atoms with Gasteiger partial charge in [0.1, 0.15) is 0 Å². The Morgan fingerprint density at radius 3 is 2.55 bits per heavy atom. The molecule has 0 spiro atoms. The highest BCUT2D eigenvalue weighted by atomic mass is 32.1. The maximum atomic E-state index is 11.2. The van der Waals surface area contributed by atoms with Gasteiger partial charge in [-0.05, 0) is 12.0 Å². The number of hydrogen-bond donors (Lipinski definition) is 2. The van der Waals surface area contributed by atoms with Gasteiger partial charge >= 0.3 is 5.97 Å². The molecule has 0 saturated heterocycles. The van der Waals surface area contributed by atoms with E-state index in [-0.39, 0.29) is 28.1 Å². The molecule has 8 heteroatoms. The Hall–Kier alpha value is -2.48. The Morgan fingerprint density at radius 1 is 1.32 bits per heavy atom. The average molecular weight is 319 g/mol. The Bertz CT molecular complexity index is 762. The number of nitrogens with zero attached hydrogens (tertiary/aromatic N) is 3. The van der Waals surface area contributed by atoms with Crippen molar-refractivity contribution in [1.82, 2.24) is 9.97 Å². The Morgan fingerprint density at radius 2 is 2.00 bits per heavy atom. The van der Waals surface area contributed by atoms with Crippen LogP contribution in [-0.2, 0) is 0 Å². The largest absolute Gasteiger partial charge is 0.477 e. The molecule has 0 aliphatic rings. The highest BCUT2D eigenvalue weighted by Gasteiger charge is 2.19. The van der Waals surface area contributed by atoms with Crippen LogP contribution in [0.4, 0.5) is 5.69 Å². The summed E-state index contributed by atoms with van der Waals surface area (Å²) in [5.41, 5.74) is 1.08. The number of nitro benzene ring substituents is 1. The number of carbonyl (C=O) groups is 1. The summed E-state index contributed by atoms with van der Waals surface area (Å²) in [7, 11) is 0. The summed E-state index contributed by atoms with van der Waals surface area (Å²) in [5.74, 6) is -1.22. The van der Waals surface area contributed by atoms with E-state index in [1.807, 2.05) is 13.8 Å². The predicted molar refractivity (Wildman–Crippen MR) is 82.4 cm³/mol. The van der Waals surface area contributed by atoms with Gasteiger partial charge in [-0.3, -0.25) is 10.1 Å². The monoisotopic (exact) mass is 319 g/mol. The molecule has 0 saturated carbocycles. The van der Waals surface area contributed by atoms with Crippen molar-refractivity contribution in [2.75, 3.05) is 0 Å². The molecule has 0 unspecified atom stereocenters. The second-order valence-electron chi connectivity index (χ2n) is 4.93. The number of hydrogen-bond acceptors (Lipinski definition) is 6. The zero-order chi connectivity index (χ0) is 16.4. The standard InChI is InChI=1S/C14H13N3O4S/c1-7(2)9-4-3-8(5-12(9)17(20)21)10-6-11(13(18)19)16-14(22)15-10/h3-7H,1-2H3,(H,18,19)(H,15,16,22). The van der Waals surface area contributed by atoms with Crippen LogP contribution < -0.4 is 0 Å². The van der Waals surface area contributed by atoms with Crippen LogP contribution in [0.1, 0.15) is 35.8 Å². The van der Waals surface area contributed by atoms with Gasteiger partial charge in [0.25, 0.3) is 5.69 Å². The van der Waals surface area contributed by atoms with Crippen molar-refractivity contribution in [2.45, 2.75) is 24.9 Å². The fourth-order valence-electron chi connectivity index (χ4n) is 2.04. The van der Waals surface area contributed by atoms with E-state index >= 15 is 0 Å². The third-order valence-electron chi connectivity index (χ3n) is 3.08. The minimum atomic E-state index is -1.22. The highest BCUT2D eigenvalue weighted by Crippen LogP contribution is 2.31. The fourth-order valence-corrected chi connectivity index (χ4v) is 2.26. The number of carboxylic acid groups (broad SMARTS) is 1. The molecule has 0 amide bonds. The first-order valence-electron chi connectivity index (χ1n) is 6.39. The third kappa shape index (κ3) is 3.22. The van der Waals surface area contributed by atoms with Crippen LogP contribution in [-0.4, -0.2) is 26.0 Å². The molecule has 1 aromatic heterocycles. The van der Waals surface area contributed by atoms with Crippen LogP contribution in [0.5, 0.6) is 0 Å². The topological polar surface area (TPSA) is 106 Å². The zero-order valence-corrected chi connectivity index (χ0v) is 12.7. The molecule has 0 radical (unpaired) electrons. The van der Waals surface area contributed by atoms with Crippen LogP contribution >= 0.6 is 12.6 Å². The number of thiol groups is 1. The van der Waals surface area contributed by atoms with E-state index in [9.17, 15) is 14.9 Å². The second kappa shape index (κ2) is 6.10. The lowest BCUT2D eigenvalue weighted by Crippen LogP contribution is -2.03. The SMILES string of the molecule is CC(C)c1ccc(-c2cc(C(=O)O)nc(S)n2)cc1[N+](=O)[O-]. The van der Waals surface area contributed by atoms with E-state index in [1.54, 1.807) is 12.1 Å². The maximum Gasteiger partial charge on any atom is 0.354 e. The first-order valence-corrected chi connectivity index (χ1v) is 6.84. The lowest BCUT2D eigenvalue weighted by molar-refractivity contribution is -0.385. The van der Waals surface area contributed by atoms with Gasteiger partial charge in [-0.25, -0.2) is 14.8 Å². The first kappa shape index (κ1) is 15.9. The fraction of sp³-hybridized carbons (Fsp3) is 0.214. The molecule has 0 fully saturated rings. The van der Waals surface area contributed by atoms with Gasteiger partial charge in [0.15, 0.2) is 10.9 Å². The number of nitro groups is 1. The van der Waals surface area contributed by atoms with E-state index in [2.05, 4.69) is 22.6 Å². The van der Waals surface area contributed by atoms with Crippen molar-refractivity contribution in [3.63, 3.8) is 0 Å². The Kier molecular flexibility index (Phi) is 4.41. The first-order chi connectivity index (χ1) is 10.3. The summed E-state index contributed by atoms with van der Waals surface area (Å²) in [6, 6.07) is 5.97.